The molecular formula is C25H26N2O4. The monoisotopic (exact) mass is 418 g/mol. The lowest BCUT2D eigenvalue weighted by molar-refractivity contribution is -0.155. The summed E-state index contributed by atoms with van der Waals surface area (Å²) in [5, 5.41) is 6.29. The first-order chi connectivity index (χ1) is 15.2. The average molecular weight is 418 g/mol. The molecule has 31 heavy (non-hydrogen) atoms. The molecule has 2 aromatic carbocycles. The molecule has 0 N–H and O–H groups in total. The van der Waals surface area contributed by atoms with Gasteiger partial charge in [0.05, 0.1) is 11.8 Å². The summed E-state index contributed by atoms with van der Waals surface area (Å²) in [4.78, 5) is 24.7. The molecule has 2 atom stereocenters. The molecule has 6 nitrogen and oxygen atoms in total. The predicted molar refractivity (Wildman–Crippen MR) is 118 cm³/mol. The fraction of sp³-hybridized carbons (Fsp3) is 0.320. The number of nitrogens with zero attached hydrogens (tertiary/aromatic N) is 2. The van der Waals surface area contributed by atoms with Gasteiger partial charge in [-0.1, -0.05) is 60.7 Å². The summed E-state index contributed by atoms with van der Waals surface area (Å²) < 4.78 is 9.84. The number of ether oxygens (including phenoxy) is 2. The zero-order chi connectivity index (χ0) is 21.6. The van der Waals surface area contributed by atoms with Gasteiger partial charge < -0.3 is 9.47 Å². The highest BCUT2D eigenvalue weighted by Gasteiger charge is 2.43. The number of allylic oxidation sites excluding steroid dienone is 1. The minimum Gasteiger partial charge on any atom is -0.454 e. The minimum atomic E-state index is -0.568. The summed E-state index contributed by atoms with van der Waals surface area (Å²) in [5.74, 6) is -0.787. The lowest BCUT2D eigenvalue weighted by Gasteiger charge is -2.29. The third-order valence-corrected chi connectivity index (χ3v) is 5.66. The molecular weight excluding hydrogens is 392 g/mol. The first kappa shape index (κ1) is 21.0. The van der Waals surface area contributed by atoms with Gasteiger partial charge in [0.25, 0.3) is 5.91 Å². The van der Waals surface area contributed by atoms with Crippen LogP contribution in [0.25, 0.3) is 6.08 Å². The number of methoxy groups -OCH3 is 1. The van der Waals surface area contributed by atoms with Gasteiger partial charge in [0, 0.05) is 13.0 Å². The molecule has 6 heteroatoms. The molecule has 1 aliphatic heterocycles. The Labute approximate surface area is 182 Å². The predicted octanol–water partition coefficient (Wildman–Crippen LogP) is 4.00. The van der Waals surface area contributed by atoms with E-state index in [0.717, 1.165) is 41.7 Å². The first-order valence-corrected chi connectivity index (χ1v) is 10.5. The smallest absolute Gasteiger partial charge is 0.332 e. The molecule has 1 saturated carbocycles. The quantitative estimate of drug-likeness (QED) is 0.665. The van der Waals surface area contributed by atoms with Crippen LogP contribution in [-0.4, -0.2) is 42.9 Å². The lowest BCUT2D eigenvalue weighted by atomic mass is 9.77. The number of carbonyl (C=O) groups excluding carboxylic acids is 2. The van der Waals surface area contributed by atoms with Gasteiger partial charge in [-0.15, -0.1) is 0 Å². The molecule has 1 aliphatic carbocycles. The van der Waals surface area contributed by atoms with Crippen molar-refractivity contribution in [1.29, 1.82) is 0 Å². The van der Waals surface area contributed by atoms with Gasteiger partial charge in [0.1, 0.15) is 6.61 Å². The van der Waals surface area contributed by atoms with Crippen molar-refractivity contribution in [2.75, 3.05) is 20.3 Å². The number of carbonyl (C=O) groups is 2. The Balaban J connectivity index is 1.64. The SMILES string of the molecule is COCC(=O)OCC(=O)N1N=C2/C(=C/c3ccccc3)CCC[C@@H]2[C@H]1c1ccccc1. The molecule has 0 saturated heterocycles. The molecule has 1 amide bonds. The van der Waals surface area contributed by atoms with E-state index in [4.69, 9.17) is 14.6 Å². The van der Waals surface area contributed by atoms with E-state index < -0.39 is 5.97 Å². The second-order valence-electron chi connectivity index (χ2n) is 7.75. The highest BCUT2D eigenvalue weighted by Crippen LogP contribution is 2.44. The van der Waals surface area contributed by atoms with Crippen molar-refractivity contribution in [2.24, 2.45) is 11.0 Å². The van der Waals surface area contributed by atoms with Gasteiger partial charge >= 0.3 is 5.97 Å². The van der Waals surface area contributed by atoms with Crippen molar-refractivity contribution >= 4 is 23.7 Å². The van der Waals surface area contributed by atoms with Crippen LogP contribution < -0.4 is 0 Å². The third kappa shape index (κ3) is 4.75. The van der Waals surface area contributed by atoms with E-state index >= 15 is 0 Å². The zero-order valence-corrected chi connectivity index (χ0v) is 17.6. The Bertz CT molecular complexity index is 985. The van der Waals surface area contributed by atoms with E-state index in [2.05, 4.69) is 18.2 Å². The number of esters is 1. The lowest BCUT2D eigenvalue weighted by Crippen LogP contribution is -2.34. The first-order valence-electron chi connectivity index (χ1n) is 10.5. The van der Waals surface area contributed by atoms with E-state index in [1.54, 1.807) is 0 Å². The number of hydrazone groups is 1. The number of rotatable bonds is 6. The van der Waals surface area contributed by atoms with Gasteiger partial charge in [0.2, 0.25) is 0 Å². The van der Waals surface area contributed by atoms with Crippen LogP contribution in [0, 0.1) is 5.92 Å². The van der Waals surface area contributed by atoms with Crippen molar-refractivity contribution in [3.8, 4) is 0 Å². The maximum atomic E-state index is 13.0. The summed E-state index contributed by atoms with van der Waals surface area (Å²) in [6.07, 6.45) is 5.09. The standard InChI is InChI=1S/C25H26N2O4/c1-30-17-23(29)31-16-22(28)27-25(19-11-6-3-7-12-19)21-14-8-13-20(24(21)26-27)15-18-9-4-2-5-10-18/h2-7,9-12,15,21,25H,8,13-14,16-17H2,1H3/b20-15+/t21-,25+/m0/s1. The summed E-state index contributed by atoms with van der Waals surface area (Å²) in [6, 6.07) is 19.9. The molecule has 0 spiro atoms. The molecule has 2 aromatic rings. The molecule has 4 rings (SSSR count). The summed E-state index contributed by atoms with van der Waals surface area (Å²) in [7, 11) is 1.41. The van der Waals surface area contributed by atoms with Crippen LogP contribution in [0.1, 0.15) is 36.4 Å². The van der Waals surface area contributed by atoms with Crippen molar-refractivity contribution in [2.45, 2.75) is 25.3 Å². The van der Waals surface area contributed by atoms with E-state index in [-0.39, 0.29) is 31.1 Å². The number of amides is 1. The molecule has 2 aliphatic rings. The fourth-order valence-electron chi connectivity index (χ4n) is 4.31. The van der Waals surface area contributed by atoms with Crippen LogP contribution in [0.5, 0.6) is 0 Å². The van der Waals surface area contributed by atoms with Gasteiger partial charge in [-0.05, 0) is 42.0 Å². The van der Waals surface area contributed by atoms with Crippen molar-refractivity contribution < 1.29 is 19.1 Å². The Hall–Kier alpha value is -3.25. The summed E-state index contributed by atoms with van der Waals surface area (Å²) in [5.41, 5.74) is 4.27. The fourth-order valence-corrected chi connectivity index (χ4v) is 4.31. The van der Waals surface area contributed by atoms with Crippen molar-refractivity contribution in [3.05, 3.63) is 77.4 Å². The number of fused-ring (bicyclic) bond motifs is 1. The Morgan fingerprint density at radius 1 is 1.06 bits per heavy atom. The van der Waals surface area contributed by atoms with Crippen LogP contribution in [0.3, 0.4) is 0 Å². The van der Waals surface area contributed by atoms with Crippen molar-refractivity contribution in [3.63, 3.8) is 0 Å². The second-order valence-corrected chi connectivity index (χ2v) is 7.75. The number of benzene rings is 2. The van der Waals surface area contributed by atoms with Crippen LogP contribution in [0.4, 0.5) is 0 Å². The summed E-state index contributed by atoms with van der Waals surface area (Å²) in [6.45, 7) is -0.538. The maximum Gasteiger partial charge on any atom is 0.332 e. The average Bonchev–Trinajstić information content (AvgIpc) is 3.20. The van der Waals surface area contributed by atoms with E-state index in [0.29, 0.717) is 0 Å². The molecule has 0 bridgehead atoms. The third-order valence-electron chi connectivity index (χ3n) is 5.66. The second kappa shape index (κ2) is 9.71. The molecule has 1 heterocycles. The summed E-state index contributed by atoms with van der Waals surface area (Å²) >= 11 is 0. The number of hydrogen-bond acceptors (Lipinski definition) is 5. The maximum absolute atomic E-state index is 13.0. The van der Waals surface area contributed by atoms with Gasteiger partial charge in [-0.2, -0.15) is 5.10 Å². The van der Waals surface area contributed by atoms with Crippen LogP contribution in [0.15, 0.2) is 71.3 Å². The molecule has 0 unspecified atom stereocenters. The van der Waals surface area contributed by atoms with Crippen LogP contribution >= 0.6 is 0 Å². The Kier molecular flexibility index (Phi) is 6.57. The molecule has 0 aromatic heterocycles. The van der Waals surface area contributed by atoms with Gasteiger partial charge in [-0.25, -0.2) is 9.80 Å². The van der Waals surface area contributed by atoms with E-state index in [9.17, 15) is 9.59 Å². The van der Waals surface area contributed by atoms with E-state index in [1.807, 2.05) is 48.5 Å². The van der Waals surface area contributed by atoms with Crippen LogP contribution in [-0.2, 0) is 19.1 Å². The highest BCUT2D eigenvalue weighted by molar-refractivity contribution is 6.08. The molecule has 1 fully saturated rings. The zero-order valence-electron chi connectivity index (χ0n) is 17.6. The van der Waals surface area contributed by atoms with Crippen molar-refractivity contribution in [1.82, 2.24) is 5.01 Å². The van der Waals surface area contributed by atoms with E-state index in [1.165, 1.54) is 12.1 Å². The van der Waals surface area contributed by atoms with Gasteiger partial charge in [-0.3, -0.25) is 4.79 Å². The number of hydrogen-bond donors (Lipinski definition) is 0. The van der Waals surface area contributed by atoms with Crippen LogP contribution in [0.2, 0.25) is 0 Å². The Morgan fingerprint density at radius 3 is 2.48 bits per heavy atom. The molecule has 160 valence electrons. The normalized spacial score (nSPS) is 21.5. The molecule has 0 radical (unpaired) electrons. The minimum absolute atomic E-state index is 0.115. The van der Waals surface area contributed by atoms with Gasteiger partial charge in [0.15, 0.2) is 6.61 Å². The topological polar surface area (TPSA) is 68.2 Å². The highest BCUT2D eigenvalue weighted by atomic mass is 16.6. The largest absolute Gasteiger partial charge is 0.454 e. The Morgan fingerprint density at radius 2 is 1.77 bits per heavy atom.